The van der Waals surface area contributed by atoms with Crippen molar-refractivity contribution in [1.82, 2.24) is 19.6 Å². The lowest BCUT2D eigenvalue weighted by atomic mass is 9.74. The minimum atomic E-state index is -0.807. The standard InChI is InChI=1S/C28H31F2N5O3/c1-16-9-17(10-24(31)28(16)37-2)21-5-6-32-14-18(21)11-26-33-15-19-3-4-25(34-35(19)26)27-22(29)12-20(13-23(27)30)38-8-7-36/h3-6,12-17,24,28,36H,7-11,31H2,1-2H3/t16-,17+,24+,28-/m0/s1. The Morgan fingerprint density at radius 1 is 1.13 bits per heavy atom. The average molecular weight is 524 g/mol. The number of hydrogen-bond acceptors (Lipinski definition) is 7. The van der Waals surface area contributed by atoms with E-state index in [0.717, 1.165) is 30.5 Å². The predicted molar refractivity (Wildman–Crippen MR) is 138 cm³/mol. The first-order valence-corrected chi connectivity index (χ1v) is 12.7. The summed E-state index contributed by atoms with van der Waals surface area (Å²) in [6.07, 6.45) is 7.54. The molecule has 0 amide bonds. The zero-order valence-electron chi connectivity index (χ0n) is 21.3. The van der Waals surface area contributed by atoms with E-state index in [2.05, 4.69) is 22.0 Å². The summed E-state index contributed by atoms with van der Waals surface area (Å²) in [6.45, 7) is 1.85. The number of aromatic nitrogens is 4. The molecular formula is C28H31F2N5O3. The van der Waals surface area contributed by atoms with E-state index < -0.39 is 11.6 Å². The van der Waals surface area contributed by atoms with Crippen molar-refractivity contribution in [3.8, 4) is 17.0 Å². The number of aliphatic hydroxyl groups is 1. The second-order valence-electron chi connectivity index (χ2n) is 9.82. The summed E-state index contributed by atoms with van der Waals surface area (Å²) in [6, 6.07) is 7.43. The molecule has 4 atom stereocenters. The number of nitrogens with two attached hydrogens (primary N) is 1. The predicted octanol–water partition coefficient (Wildman–Crippen LogP) is 3.89. The normalized spacial score (nSPS) is 21.6. The van der Waals surface area contributed by atoms with E-state index in [1.54, 1.807) is 36.2 Å². The van der Waals surface area contributed by atoms with E-state index in [-0.39, 0.29) is 48.3 Å². The zero-order chi connectivity index (χ0) is 26.8. The summed E-state index contributed by atoms with van der Waals surface area (Å²) in [5, 5.41) is 13.4. The van der Waals surface area contributed by atoms with Gasteiger partial charge in [0.25, 0.3) is 0 Å². The fourth-order valence-electron chi connectivity index (χ4n) is 5.61. The van der Waals surface area contributed by atoms with Crippen molar-refractivity contribution >= 4 is 5.52 Å². The monoisotopic (exact) mass is 523 g/mol. The number of nitrogens with zero attached hydrogens (tertiary/aromatic N) is 4. The quantitative estimate of drug-likeness (QED) is 0.361. The van der Waals surface area contributed by atoms with Crippen LogP contribution in [0.5, 0.6) is 5.75 Å². The summed E-state index contributed by atoms with van der Waals surface area (Å²) >= 11 is 0. The van der Waals surface area contributed by atoms with Gasteiger partial charge in [0, 0.05) is 44.1 Å². The van der Waals surface area contributed by atoms with Crippen LogP contribution in [-0.4, -0.2) is 57.2 Å². The van der Waals surface area contributed by atoms with Crippen LogP contribution >= 0.6 is 0 Å². The van der Waals surface area contributed by atoms with Crippen molar-refractivity contribution < 1.29 is 23.4 Å². The largest absolute Gasteiger partial charge is 0.491 e. The number of ether oxygens (including phenoxy) is 2. The molecule has 0 spiro atoms. The van der Waals surface area contributed by atoms with Crippen LogP contribution < -0.4 is 10.5 Å². The van der Waals surface area contributed by atoms with Gasteiger partial charge in [-0.3, -0.25) is 4.98 Å². The number of aliphatic hydroxyl groups excluding tert-OH is 1. The molecule has 8 nitrogen and oxygen atoms in total. The van der Waals surface area contributed by atoms with Crippen LogP contribution in [0.3, 0.4) is 0 Å². The van der Waals surface area contributed by atoms with Gasteiger partial charge in [-0.2, -0.15) is 5.10 Å². The first kappa shape index (κ1) is 26.1. The minimum Gasteiger partial charge on any atom is -0.491 e. The number of hydrogen-bond donors (Lipinski definition) is 2. The van der Waals surface area contributed by atoms with Crippen molar-refractivity contribution in [1.29, 1.82) is 0 Å². The van der Waals surface area contributed by atoms with Crippen molar-refractivity contribution in [2.75, 3.05) is 20.3 Å². The molecule has 3 N–H and O–H groups in total. The third-order valence-electron chi connectivity index (χ3n) is 7.28. The van der Waals surface area contributed by atoms with Crippen LogP contribution in [0.1, 0.15) is 42.6 Å². The molecule has 3 heterocycles. The molecule has 0 unspecified atom stereocenters. The van der Waals surface area contributed by atoms with Crippen LogP contribution in [0.2, 0.25) is 0 Å². The summed E-state index contributed by atoms with van der Waals surface area (Å²) in [7, 11) is 1.71. The minimum absolute atomic E-state index is 0.000116. The zero-order valence-corrected chi connectivity index (χ0v) is 21.3. The Morgan fingerprint density at radius 3 is 2.63 bits per heavy atom. The topological polar surface area (TPSA) is 108 Å². The van der Waals surface area contributed by atoms with E-state index in [1.807, 2.05) is 12.3 Å². The van der Waals surface area contributed by atoms with Gasteiger partial charge in [-0.15, -0.1) is 0 Å². The van der Waals surface area contributed by atoms with Crippen molar-refractivity contribution in [3.05, 3.63) is 77.5 Å². The molecule has 0 bridgehead atoms. The van der Waals surface area contributed by atoms with Gasteiger partial charge in [-0.05, 0) is 54.0 Å². The molecule has 10 heteroatoms. The number of halogens is 2. The highest BCUT2D eigenvalue weighted by molar-refractivity contribution is 5.63. The fraction of sp³-hybridized carbons (Fsp3) is 0.393. The molecule has 0 saturated heterocycles. The number of benzene rings is 1. The number of methoxy groups -OCH3 is 1. The molecule has 3 aromatic heterocycles. The van der Waals surface area contributed by atoms with E-state index >= 15 is 0 Å². The molecule has 1 saturated carbocycles. The van der Waals surface area contributed by atoms with Crippen LogP contribution in [0, 0.1) is 17.6 Å². The SMILES string of the molecule is CO[C@@H]1[C@H](N)C[C@H](c2ccncc2Cc2ncc3ccc(-c4c(F)cc(OCCO)cc4F)nn23)C[C@@H]1C. The lowest BCUT2D eigenvalue weighted by Gasteiger charge is -2.38. The lowest BCUT2D eigenvalue weighted by molar-refractivity contribution is 0.00970. The Hall–Kier alpha value is -3.47. The maximum atomic E-state index is 14.9. The molecule has 4 aromatic rings. The smallest absolute Gasteiger partial charge is 0.139 e. The van der Waals surface area contributed by atoms with Gasteiger partial charge in [0.05, 0.1) is 35.7 Å². The van der Waals surface area contributed by atoms with Gasteiger partial charge in [0.1, 0.15) is 29.8 Å². The third-order valence-corrected chi connectivity index (χ3v) is 7.28. The molecule has 1 fully saturated rings. The molecule has 200 valence electrons. The summed E-state index contributed by atoms with van der Waals surface area (Å²) in [4.78, 5) is 8.90. The first-order chi connectivity index (χ1) is 18.4. The van der Waals surface area contributed by atoms with E-state index in [9.17, 15) is 8.78 Å². The molecule has 1 aliphatic carbocycles. The average Bonchev–Trinajstić information content (AvgIpc) is 3.29. The third kappa shape index (κ3) is 5.11. The number of imidazole rings is 1. The second kappa shape index (κ2) is 11.1. The molecule has 38 heavy (non-hydrogen) atoms. The van der Waals surface area contributed by atoms with Crippen molar-refractivity contribution in [2.45, 2.75) is 44.2 Å². The summed E-state index contributed by atoms with van der Waals surface area (Å²) in [5.74, 6) is -0.413. The van der Waals surface area contributed by atoms with Gasteiger partial charge in [-0.25, -0.2) is 18.3 Å². The highest BCUT2D eigenvalue weighted by Gasteiger charge is 2.35. The Bertz CT molecular complexity index is 1390. The molecule has 1 aromatic carbocycles. The number of pyridine rings is 1. The molecule has 0 radical (unpaired) electrons. The van der Waals surface area contributed by atoms with Gasteiger partial charge >= 0.3 is 0 Å². The summed E-state index contributed by atoms with van der Waals surface area (Å²) < 4.78 is 42.2. The summed E-state index contributed by atoms with van der Waals surface area (Å²) in [5.41, 5.74) is 9.20. The highest BCUT2D eigenvalue weighted by Crippen LogP contribution is 2.38. The second-order valence-corrected chi connectivity index (χ2v) is 9.82. The van der Waals surface area contributed by atoms with E-state index in [0.29, 0.717) is 23.7 Å². The van der Waals surface area contributed by atoms with Crippen molar-refractivity contribution in [2.24, 2.45) is 11.7 Å². The first-order valence-electron chi connectivity index (χ1n) is 12.7. The Balaban J connectivity index is 1.46. The van der Waals surface area contributed by atoms with E-state index in [4.69, 9.17) is 20.3 Å². The van der Waals surface area contributed by atoms with Gasteiger partial charge in [0.15, 0.2) is 0 Å². The van der Waals surface area contributed by atoms with E-state index in [1.165, 1.54) is 5.56 Å². The van der Waals surface area contributed by atoms with Crippen LogP contribution in [0.4, 0.5) is 8.78 Å². The maximum absolute atomic E-state index is 14.9. The Kier molecular flexibility index (Phi) is 7.64. The number of rotatable bonds is 8. The Morgan fingerprint density at radius 2 is 1.92 bits per heavy atom. The number of fused-ring (bicyclic) bond motifs is 1. The maximum Gasteiger partial charge on any atom is 0.139 e. The fourth-order valence-corrected chi connectivity index (χ4v) is 5.61. The van der Waals surface area contributed by atoms with Crippen LogP contribution in [0.15, 0.2) is 48.9 Å². The van der Waals surface area contributed by atoms with Gasteiger partial charge in [0.2, 0.25) is 0 Å². The molecular weight excluding hydrogens is 492 g/mol. The van der Waals surface area contributed by atoms with Gasteiger partial charge < -0.3 is 20.3 Å². The lowest BCUT2D eigenvalue weighted by Crippen LogP contribution is -2.45. The van der Waals surface area contributed by atoms with Crippen LogP contribution in [0.25, 0.3) is 16.8 Å². The van der Waals surface area contributed by atoms with Crippen molar-refractivity contribution in [3.63, 3.8) is 0 Å². The van der Waals surface area contributed by atoms with Gasteiger partial charge in [-0.1, -0.05) is 6.92 Å². The Labute approximate surface area is 219 Å². The molecule has 1 aliphatic rings. The highest BCUT2D eigenvalue weighted by atomic mass is 19.1. The molecule has 0 aliphatic heterocycles. The molecule has 5 rings (SSSR count). The van der Waals surface area contributed by atoms with Crippen LogP contribution in [-0.2, 0) is 11.2 Å².